The molecule has 8 heterocycles. The van der Waals surface area contributed by atoms with E-state index >= 15 is 0 Å². The van der Waals surface area contributed by atoms with E-state index < -0.39 is 46.2 Å². The number of nitrogens with zero attached hydrogens (tertiary/aromatic N) is 5. The van der Waals surface area contributed by atoms with Crippen molar-refractivity contribution in [3.05, 3.63) is 129 Å². The summed E-state index contributed by atoms with van der Waals surface area (Å²) in [5, 5.41) is 11.1. The number of methoxy groups -OCH3 is 2. The number of hydrogen-bond donors (Lipinski definition) is 1. The maximum atomic E-state index is 14.4. The smallest absolute Gasteiger partial charge is 0.333 e. The third-order valence-corrected chi connectivity index (χ3v) is 19.1. The third kappa shape index (κ3) is 11.1. The molecule has 4 fully saturated rings. The Morgan fingerprint density at radius 1 is 0.738 bits per heavy atom. The maximum Gasteiger partial charge on any atom is 0.333 e. The van der Waals surface area contributed by atoms with Gasteiger partial charge in [-0.1, -0.05) is 36.4 Å². The molecule has 426 valence electrons. The van der Waals surface area contributed by atoms with Crippen molar-refractivity contribution in [3.8, 4) is 22.3 Å². The van der Waals surface area contributed by atoms with E-state index in [-0.39, 0.29) is 56.1 Å². The van der Waals surface area contributed by atoms with Gasteiger partial charge in [-0.15, -0.1) is 22.7 Å². The third-order valence-electron chi connectivity index (χ3n) is 15.6. The van der Waals surface area contributed by atoms with Crippen LogP contribution in [-0.2, 0) is 57.4 Å². The molecule has 2 unspecified atom stereocenters. The lowest BCUT2D eigenvalue weighted by Gasteiger charge is -2.35. The van der Waals surface area contributed by atoms with Gasteiger partial charge in [-0.2, -0.15) is 0 Å². The van der Waals surface area contributed by atoms with Crippen molar-refractivity contribution in [1.82, 2.24) is 23.3 Å². The monoisotopic (exact) mass is 1200 g/mol. The molecular formula is C57H64BrN5O15S2. The molecule has 1 N–H and O–H groups in total. The highest BCUT2D eigenvalue weighted by Crippen LogP contribution is 2.46. The Kier molecular flexibility index (Phi) is 17.3. The summed E-state index contributed by atoms with van der Waals surface area (Å²) >= 11 is 6.10. The van der Waals surface area contributed by atoms with Crippen molar-refractivity contribution in [2.45, 2.75) is 127 Å². The molecule has 20 nitrogen and oxygen atoms in total. The molecule has 11 rings (SSSR count). The number of aryl methyl sites for hydroxylation is 2. The highest BCUT2D eigenvalue weighted by atomic mass is 79.9. The van der Waals surface area contributed by atoms with Gasteiger partial charge in [-0.05, 0) is 111 Å². The number of fused-ring (bicyclic) bond motifs is 2. The Morgan fingerprint density at radius 3 is 1.75 bits per heavy atom. The summed E-state index contributed by atoms with van der Waals surface area (Å²) in [5.41, 5.74) is -1.86. The minimum absolute atomic E-state index is 0.0519. The fourth-order valence-corrected chi connectivity index (χ4v) is 14.3. The van der Waals surface area contributed by atoms with Crippen molar-refractivity contribution in [2.24, 2.45) is 0 Å². The van der Waals surface area contributed by atoms with Crippen molar-refractivity contribution < 1.29 is 52.3 Å². The number of carbonyl (C=O) groups is 2. The number of thiophene rings is 2. The topological polar surface area (TPSA) is 233 Å². The molecule has 1 saturated carbocycles. The maximum absolute atomic E-state index is 14.4. The van der Waals surface area contributed by atoms with Crippen molar-refractivity contribution >= 4 is 70.8 Å². The number of oxazole rings is 1. The summed E-state index contributed by atoms with van der Waals surface area (Å²) in [6, 6.07) is 15.1. The summed E-state index contributed by atoms with van der Waals surface area (Å²) < 4.78 is 52.8. The van der Waals surface area contributed by atoms with Crippen LogP contribution >= 0.6 is 38.6 Å². The summed E-state index contributed by atoms with van der Waals surface area (Å²) in [6.45, 7) is 7.81. The number of ether oxygens (including phenoxy) is 7. The van der Waals surface area contributed by atoms with Crippen molar-refractivity contribution in [2.75, 3.05) is 53.9 Å². The van der Waals surface area contributed by atoms with Crippen LogP contribution in [0, 0.1) is 13.8 Å². The van der Waals surface area contributed by atoms with Gasteiger partial charge in [-0.25, -0.2) is 23.9 Å². The van der Waals surface area contributed by atoms with Crippen LogP contribution in [0.1, 0.15) is 99.2 Å². The van der Waals surface area contributed by atoms with E-state index in [0.717, 1.165) is 28.5 Å². The SMILES string of the molecule is COc1ccccc1C(Cn1c(=O)n(C2(CC(C)=O)CC2)c(=O)c2c(C)c(-c3ncco3)sc21)OC1CCOCC1.COc1ccccc1[C@H](Cn1c(=O)n(C2(C(=O)O)CCCOC2)c(=O)c2c(C)c(Br)sc21)OC1CCOCC1. The molecule has 23 heteroatoms. The van der Waals surface area contributed by atoms with Crippen LogP contribution in [0.3, 0.4) is 0 Å². The lowest BCUT2D eigenvalue weighted by Crippen LogP contribution is -2.59. The van der Waals surface area contributed by atoms with E-state index in [0.29, 0.717) is 123 Å². The second-order valence-electron chi connectivity index (χ2n) is 20.8. The number of halogens is 1. The highest BCUT2D eigenvalue weighted by Gasteiger charge is 2.49. The largest absolute Gasteiger partial charge is 0.496 e. The van der Waals surface area contributed by atoms with E-state index in [1.165, 1.54) is 45.0 Å². The molecule has 2 aromatic carbocycles. The number of ketones is 1. The van der Waals surface area contributed by atoms with Gasteiger partial charge in [0.25, 0.3) is 11.1 Å². The summed E-state index contributed by atoms with van der Waals surface area (Å²) in [6.07, 6.45) is 6.47. The predicted octanol–water partition coefficient (Wildman–Crippen LogP) is 8.43. The fraction of sp³-hybridized carbons (Fsp3) is 0.491. The van der Waals surface area contributed by atoms with Crippen LogP contribution < -0.4 is 32.0 Å². The molecule has 3 aliphatic heterocycles. The van der Waals surface area contributed by atoms with Gasteiger partial charge in [0.15, 0.2) is 5.54 Å². The molecule has 0 spiro atoms. The van der Waals surface area contributed by atoms with Gasteiger partial charge in [0.05, 0.1) is 77.3 Å². The van der Waals surface area contributed by atoms with Crippen LogP contribution in [0.5, 0.6) is 11.5 Å². The number of hydrogen-bond acceptors (Lipinski definition) is 17. The zero-order chi connectivity index (χ0) is 56.5. The summed E-state index contributed by atoms with van der Waals surface area (Å²) in [4.78, 5) is 87.4. The number of benzene rings is 2. The summed E-state index contributed by atoms with van der Waals surface area (Å²) in [7, 11) is 3.19. The minimum Gasteiger partial charge on any atom is -0.496 e. The molecule has 0 bridgehead atoms. The van der Waals surface area contributed by atoms with Gasteiger partial charge in [0.2, 0.25) is 5.89 Å². The van der Waals surface area contributed by atoms with Crippen LogP contribution in [-0.4, -0.2) is 106 Å². The first kappa shape index (κ1) is 57.2. The van der Waals surface area contributed by atoms with E-state index in [9.17, 15) is 33.9 Å². The average molecular weight is 1200 g/mol. The molecule has 7 aromatic rings. The summed E-state index contributed by atoms with van der Waals surface area (Å²) in [5.74, 6) is 0.327. The zero-order valence-corrected chi connectivity index (χ0v) is 48.4. The lowest BCUT2D eigenvalue weighted by atomic mass is 9.92. The van der Waals surface area contributed by atoms with Gasteiger partial charge >= 0.3 is 17.3 Å². The molecule has 0 amide bonds. The Hall–Kier alpha value is -6.05. The Balaban J connectivity index is 0.000000180. The van der Waals surface area contributed by atoms with Crippen LogP contribution in [0.15, 0.2) is 88.4 Å². The Labute approximate surface area is 475 Å². The molecule has 1 aliphatic carbocycles. The van der Waals surface area contributed by atoms with Gasteiger partial charge in [0.1, 0.15) is 45.4 Å². The van der Waals surface area contributed by atoms with E-state index in [1.807, 2.05) is 55.5 Å². The van der Waals surface area contributed by atoms with Crippen LogP contribution in [0.4, 0.5) is 0 Å². The number of aliphatic carboxylic acids is 1. The number of carboxylic acid groups (broad SMARTS) is 1. The number of carbonyl (C=O) groups excluding carboxylic acids is 1. The second kappa shape index (κ2) is 24.2. The lowest BCUT2D eigenvalue weighted by molar-refractivity contribution is -0.155. The van der Waals surface area contributed by atoms with Crippen LogP contribution in [0.2, 0.25) is 0 Å². The number of Topliss-reactive ketones (excluding diaryl/α,β-unsaturated/α-hetero) is 1. The molecule has 80 heavy (non-hydrogen) atoms. The Morgan fingerprint density at radius 2 is 1.26 bits per heavy atom. The quantitative estimate of drug-likeness (QED) is 0.0849. The first-order valence-electron chi connectivity index (χ1n) is 26.8. The van der Waals surface area contributed by atoms with E-state index in [4.69, 9.17) is 37.6 Å². The van der Waals surface area contributed by atoms with Gasteiger partial charge in [0, 0.05) is 50.6 Å². The normalized spacial score (nSPS) is 19.3. The highest BCUT2D eigenvalue weighted by molar-refractivity contribution is 9.11. The van der Waals surface area contributed by atoms with Gasteiger partial charge < -0.3 is 42.7 Å². The van der Waals surface area contributed by atoms with E-state index in [1.54, 1.807) is 31.9 Å². The predicted molar refractivity (Wildman–Crippen MR) is 303 cm³/mol. The Bertz CT molecular complexity index is 3650. The molecule has 3 saturated heterocycles. The molecule has 0 radical (unpaired) electrons. The van der Waals surface area contributed by atoms with Crippen molar-refractivity contribution in [1.29, 1.82) is 0 Å². The number of para-hydroxylation sites is 2. The van der Waals surface area contributed by atoms with Crippen LogP contribution in [0.25, 0.3) is 31.2 Å². The zero-order valence-electron chi connectivity index (χ0n) is 45.2. The minimum atomic E-state index is -1.80. The standard InChI is InChI=1S/C30H33N3O7S.C27H31BrN2O8S/c1-18(34)16-30(10-11-30)33-27(35)24-19(2)25(26-31-12-15-39-26)41-28(24)32(29(33)36)17-23(40-20-8-13-38-14-9-20)21-6-4-5-7-22(21)37-3;1-16-21-23(31)30(27(25(32)33)10-5-11-37-15-27)26(34)29(24(21)39-22(16)28)14-20(38-17-8-12-36-13-9-17)18-6-3-4-7-19(18)35-2/h4-7,12,15,20,23H,8-11,13-14,16-17H2,1-3H3;3-4,6-7,17,20H,5,8-15H2,1-2H3,(H,32,33)/t;20-,27?/m.0/s1. The first-order valence-corrected chi connectivity index (χ1v) is 29.2. The number of carboxylic acids is 1. The number of aromatic nitrogens is 5. The second-order valence-corrected chi connectivity index (χ2v) is 24.1. The molecular weight excluding hydrogens is 1140 g/mol. The average Bonchev–Trinajstić information content (AvgIpc) is 3.96. The molecule has 4 aliphatic rings. The molecule has 5 aromatic heterocycles. The first-order chi connectivity index (χ1) is 38.6. The van der Waals surface area contributed by atoms with E-state index in [2.05, 4.69) is 20.9 Å². The van der Waals surface area contributed by atoms with Gasteiger partial charge in [-0.3, -0.25) is 28.1 Å². The molecule has 3 atom stereocenters. The van der Waals surface area contributed by atoms with Crippen molar-refractivity contribution in [3.63, 3.8) is 0 Å². The fourth-order valence-electron chi connectivity index (χ4n) is 11.3. The number of rotatable bonds is 18.